The summed E-state index contributed by atoms with van der Waals surface area (Å²) >= 11 is 0. The molecular formula is C18H22N8O2. The van der Waals surface area contributed by atoms with E-state index in [0.29, 0.717) is 17.3 Å². The van der Waals surface area contributed by atoms with Crippen LogP contribution in [0.5, 0.6) is 0 Å². The summed E-state index contributed by atoms with van der Waals surface area (Å²) in [6.45, 7) is 7.85. The largest absolute Gasteiger partial charge is 0.378 e. The Bertz CT molecular complexity index is 1000. The van der Waals surface area contributed by atoms with E-state index in [4.69, 9.17) is 5.73 Å². The van der Waals surface area contributed by atoms with Crippen LogP contribution in [0.4, 0.5) is 5.82 Å². The third kappa shape index (κ3) is 4.05. The molecular weight excluding hydrogens is 360 g/mol. The molecule has 10 heteroatoms. The van der Waals surface area contributed by atoms with E-state index < -0.39 is 5.91 Å². The molecule has 0 saturated heterocycles. The maximum absolute atomic E-state index is 12.4. The molecule has 0 saturated carbocycles. The van der Waals surface area contributed by atoms with Gasteiger partial charge in [0.2, 0.25) is 11.6 Å². The molecule has 0 bridgehead atoms. The Kier molecular flexibility index (Phi) is 5.48. The second-order valence-corrected chi connectivity index (χ2v) is 6.84. The van der Waals surface area contributed by atoms with E-state index in [0.717, 1.165) is 12.0 Å². The highest BCUT2D eigenvalue weighted by molar-refractivity contribution is 6.00. The maximum atomic E-state index is 12.4. The molecule has 10 nitrogen and oxygen atoms in total. The zero-order chi connectivity index (χ0) is 20.3. The fraction of sp³-hybridized carbons (Fsp3) is 0.333. The number of aromatic nitrogens is 5. The fourth-order valence-electron chi connectivity index (χ4n) is 2.68. The van der Waals surface area contributed by atoms with Crippen molar-refractivity contribution in [2.45, 2.75) is 34.1 Å². The van der Waals surface area contributed by atoms with Gasteiger partial charge >= 0.3 is 0 Å². The minimum absolute atomic E-state index is 0.0507. The number of nitrogens with zero attached hydrogens (tertiary/aromatic N) is 6. The van der Waals surface area contributed by atoms with Gasteiger partial charge in [-0.05, 0) is 47.6 Å². The number of hydrazone groups is 1. The van der Waals surface area contributed by atoms with Gasteiger partial charge < -0.3 is 5.73 Å². The van der Waals surface area contributed by atoms with E-state index in [1.807, 2.05) is 19.1 Å². The van der Waals surface area contributed by atoms with E-state index in [-0.39, 0.29) is 17.3 Å². The highest BCUT2D eigenvalue weighted by atomic mass is 16.6. The quantitative estimate of drug-likeness (QED) is 0.490. The normalized spacial score (nSPS) is 11.8. The second kappa shape index (κ2) is 7.99. The predicted molar refractivity (Wildman–Crippen MR) is 103 cm³/mol. The van der Waals surface area contributed by atoms with Crippen molar-refractivity contribution in [2.75, 3.05) is 5.73 Å². The molecule has 1 amide bonds. The molecule has 0 fully saturated rings. The Morgan fingerprint density at radius 2 is 2.00 bits per heavy atom. The van der Waals surface area contributed by atoms with Crippen molar-refractivity contribution in [3.8, 4) is 5.82 Å². The molecule has 0 unspecified atom stereocenters. The number of amides is 1. The summed E-state index contributed by atoms with van der Waals surface area (Å²) in [5, 5.41) is 19.0. The average Bonchev–Trinajstić information content (AvgIpc) is 3.24. The Labute approximate surface area is 161 Å². The number of benzene rings is 1. The number of nitrogens with two attached hydrogens (primary N) is 1. The van der Waals surface area contributed by atoms with Gasteiger partial charge in [0, 0.05) is 0 Å². The van der Waals surface area contributed by atoms with Crippen molar-refractivity contribution in [1.29, 1.82) is 0 Å². The molecule has 3 rings (SSSR count). The summed E-state index contributed by atoms with van der Waals surface area (Å²) in [6, 6.07) is 8.12. The van der Waals surface area contributed by atoms with Gasteiger partial charge in [0.25, 0.3) is 5.91 Å². The smallest absolute Gasteiger partial charge is 0.293 e. The molecule has 1 aromatic carbocycles. The van der Waals surface area contributed by atoms with Crippen molar-refractivity contribution < 1.29 is 9.42 Å². The van der Waals surface area contributed by atoms with Crippen molar-refractivity contribution in [2.24, 2.45) is 11.0 Å². The van der Waals surface area contributed by atoms with E-state index >= 15 is 0 Å². The minimum Gasteiger partial charge on any atom is -0.378 e. The number of nitrogens with one attached hydrogen (secondary N) is 1. The van der Waals surface area contributed by atoms with Crippen LogP contribution >= 0.6 is 0 Å². The van der Waals surface area contributed by atoms with Gasteiger partial charge in [0.15, 0.2) is 5.69 Å². The predicted octanol–water partition coefficient (Wildman–Crippen LogP) is 1.89. The third-order valence-electron chi connectivity index (χ3n) is 4.15. The van der Waals surface area contributed by atoms with Crippen molar-refractivity contribution in [3.63, 3.8) is 0 Å². The first-order valence-corrected chi connectivity index (χ1v) is 8.81. The Morgan fingerprint density at radius 3 is 2.61 bits per heavy atom. The standard InChI is InChI=1S/C18H22N8O2/c1-10(2)9-13-5-7-14(8-6-13)11(3)20-22-18(27)15-12(4)26(25-21-15)17-16(19)23-28-24-17/h5-8,10H,9H2,1-4H3,(H2,19,23)(H,22,27)/b20-11-. The highest BCUT2D eigenvalue weighted by Crippen LogP contribution is 2.14. The van der Waals surface area contributed by atoms with Gasteiger partial charge in [-0.25, -0.2) is 10.1 Å². The fourth-order valence-corrected chi connectivity index (χ4v) is 2.68. The molecule has 0 aliphatic carbocycles. The zero-order valence-electron chi connectivity index (χ0n) is 16.2. The van der Waals surface area contributed by atoms with Crippen molar-refractivity contribution in [1.82, 2.24) is 30.7 Å². The highest BCUT2D eigenvalue weighted by Gasteiger charge is 2.20. The monoisotopic (exact) mass is 382 g/mol. The number of carbonyl (C=O) groups excluding carboxylic acids is 1. The number of nitrogen functional groups attached to an aromatic ring is 1. The van der Waals surface area contributed by atoms with Gasteiger partial charge in [-0.15, -0.1) is 5.10 Å². The molecule has 2 aromatic heterocycles. The van der Waals surface area contributed by atoms with Crippen LogP contribution in [0.15, 0.2) is 34.0 Å². The van der Waals surface area contributed by atoms with Crippen molar-refractivity contribution in [3.05, 3.63) is 46.8 Å². The van der Waals surface area contributed by atoms with Gasteiger partial charge in [-0.3, -0.25) is 4.79 Å². The summed E-state index contributed by atoms with van der Waals surface area (Å²) < 4.78 is 5.83. The number of rotatable bonds is 6. The first-order chi connectivity index (χ1) is 13.4. The van der Waals surface area contributed by atoms with Crippen LogP contribution in [0.3, 0.4) is 0 Å². The number of hydrogen-bond acceptors (Lipinski definition) is 8. The lowest BCUT2D eigenvalue weighted by Gasteiger charge is -2.06. The summed E-state index contributed by atoms with van der Waals surface area (Å²) in [5.74, 6) is 0.328. The Hall–Kier alpha value is -3.56. The topological polar surface area (TPSA) is 137 Å². The van der Waals surface area contributed by atoms with E-state index in [1.54, 1.807) is 6.92 Å². The summed E-state index contributed by atoms with van der Waals surface area (Å²) in [6.07, 6.45) is 1.02. The Morgan fingerprint density at radius 1 is 1.29 bits per heavy atom. The maximum Gasteiger partial charge on any atom is 0.293 e. The molecule has 0 atom stereocenters. The molecule has 0 aliphatic heterocycles. The summed E-state index contributed by atoms with van der Waals surface area (Å²) in [4.78, 5) is 12.4. The molecule has 28 heavy (non-hydrogen) atoms. The van der Waals surface area contributed by atoms with Crippen molar-refractivity contribution >= 4 is 17.4 Å². The number of carbonyl (C=O) groups is 1. The van der Waals surface area contributed by atoms with Crippen LogP contribution in [-0.4, -0.2) is 36.9 Å². The summed E-state index contributed by atoms with van der Waals surface area (Å²) in [7, 11) is 0. The third-order valence-corrected chi connectivity index (χ3v) is 4.15. The van der Waals surface area contributed by atoms with Crippen LogP contribution in [-0.2, 0) is 6.42 Å². The lowest BCUT2D eigenvalue weighted by atomic mass is 10.0. The molecule has 146 valence electrons. The van der Waals surface area contributed by atoms with Gasteiger partial charge in [0.1, 0.15) is 0 Å². The molecule has 3 N–H and O–H groups in total. The molecule has 3 aromatic rings. The lowest BCUT2D eigenvalue weighted by molar-refractivity contribution is 0.0949. The Balaban J connectivity index is 1.71. The number of anilines is 1. The SMILES string of the molecule is C/C(=N/NC(=O)c1nnn(-c2nonc2N)c1C)c1ccc(CC(C)C)cc1. The van der Waals surface area contributed by atoms with E-state index in [1.165, 1.54) is 10.2 Å². The zero-order valence-corrected chi connectivity index (χ0v) is 16.2. The number of hydrogen-bond donors (Lipinski definition) is 2. The molecule has 0 radical (unpaired) electrons. The second-order valence-electron chi connectivity index (χ2n) is 6.84. The van der Waals surface area contributed by atoms with Gasteiger partial charge in [-0.1, -0.05) is 43.3 Å². The van der Waals surface area contributed by atoms with Gasteiger partial charge in [-0.2, -0.15) is 9.78 Å². The van der Waals surface area contributed by atoms with Crippen LogP contribution in [0.2, 0.25) is 0 Å². The minimum atomic E-state index is -0.491. The van der Waals surface area contributed by atoms with E-state index in [2.05, 4.69) is 61.8 Å². The summed E-state index contributed by atoms with van der Waals surface area (Å²) in [5.41, 5.74) is 11.6. The molecule has 0 spiro atoms. The molecule has 2 heterocycles. The van der Waals surface area contributed by atoms with Crippen LogP contribution < -0.4 is 11.2 Å². The lowest BCUT2D eigenvalue weighted by Crippen LogP contribution is -2.21. The molecule has 0 aliphatic rings. The van der Waals surface area contributed by atoms with Crippen LogP contribution in [0.25, 0.3) is 5.82 Å². The van der Waals surface area contributed by atoms with Crippen LogP contribution in [0, 0.1) is 12.8 Å². The van der Waals surface area contributed by atoms with E-state index in [9.17, 15) is 4.79 Å². The van der Waals surface area contributed by atoms with Gasteiger partial charge in [0.05, 0.1) is 11.4 Å². The first kappa shape index (κ1) is 19.2. The first-order valence-electron chi connectivity index (χ1n) is 8.81. The average molecular weight is 382 g/mol. The van der Waals surface area contributed by atoms with Crippen LogP contribution in [0.1, 0.15) is 48.1 Å².